The van der Waals surface area contributed by atoms with Crippen molar-refractivity contribution in [2.24, 2.45) is 7.05 Å². The number of rotatable bonds is 2. The maximum absolute atomic E-state index is 11.6. The number of hydrogen-bond donors (Lipinski definition) is 1. The SMILES string of the molecule is Cc1nn(C)c(Cn2cc(N)ccc2=O)c1Cl. The van der Waals surface area contributed by atoms with Gasteiger partial charge in [0.05, 0.1) is 23.0 Å². The molecule has 0 radical (unpaired) electrons. The molecule has 0 unspecified atom stereocenters. The van der Waals surface area contributed by atoms with Crippen LogP contribution in [0.25, 0.3) is 0 Å². The van der Waals surface area contributed by atoms with Crippen LogP contribution in [0, 0.1) is 6.92 Å². The molecular formula is C11H13ClN4O. The van der Waals surface area contributed by atoms with Crippen LogP contribution in [0.3, 0.4) is 0 Å². The lowest BCUT2D eigenvalue weighted by atomic mass is 10.3. The first-order valence-corrected chi connectivity index (χ1v) is 5.51. The van der Waals surface area contributed by atoms with E-state index in [1.165, 1.54) is 10.6 Å². The summed E-state index contributed by atoms with van der Waals surface area (Å²) >= 11 is 6.13. The molecule has 0 aliphatic heterocycles. The van der Waals surface area contributed by atoms with Gasteiger partial charge in [0.2, 0.25) is 0 Å². The minimum Gasteiger partial charge on any atom is -0.398 e. The lowest BCUT2D eigenvalue weighted by Gasteiger charge is -2.07. The summed E-state index contributed by atoms with van der Waals surface area (Å²) in [5.74, 6) is 0. The number of pyridine rings is 1. The van der Waals surface area contributed by atoms with Crippen LogP contribution in [0.15, 0.2) is 23.1 Å². The maximum atomic E-state index is 11.6. The second-order valence-corrected chi connectivity index (χ2v) is 4.28. The van der Waals surface area contributed by atoms with E-state index in [0.717, 1.165) is 11.4 Å². The molecule has 0 spiro atoms. The van der Waals surface area contributed by atoms with Gasteiger partial charge in [-0.25, -0.2) is 0 Å². The fourth-order valence-corrected chi connectivity index (χ4v) is 1.91. The maximum Gasteiger partial charge on any atom is 0.251 e. The second-order valence-electron chi connectivity index (χ2n) is 3.90. The monoisotopic (exact) mass is 252 g/mol. The number of anilines is 1. The highest BCUT2D eigenvalue weighted by Gasteiger charge is 2.11. The van der Waals surface area contributed by atoms with Gasteiger partial charge in [0, 0.05) is 25.0 Å². The molecule has 0 atom stereocenters. The zero-order valence-corrected chi connectivity index (χ0v) is 10.4. The molecule has 0 saturated carbocycles. The van der Waals surface area contributed by atoms with Crippen LogP contribution in [-0.4, -0.2) is 14.3 Å². The van der Waals surface area contributed by atoms with E-state index in [-0.39, 0.29) is 5.56 Å². The molecule has 0 aromatic carbocycles. The van der Waals surface area contributed by atoms with E-state index in [2.05, 4.69) is 5.10 Å². The average molecular weight is 253 g/mol. The Balaban J connectivity index is 2.44. The van der Waals surface area contributed by atoms with Gasteiger partial charge in [-0.15, -0.1) is 0 Å². The molecule has 2 aromatic rings. The summed E-state index contributed by atoms with van der Waals surface area (Å²) in [5.41, 5.74) is 7.61. The highest BCUT2D eigenvalue weighted by atomic mass is 35.5. The molecule has 2 heterocycles. The highest BCUT2D eigenvalue weighted by molar-refractivity contribution is 6.31. The molecule has 6 heteroatoms. The predicted octanol–water partition coefficient (Wildman–Crippen LogP) is 1.17. The van der Waals surface area contributed by atoms with E-state index in [9.17, 15) is 4.79 Å². The van der Waals surface area contributed by atoms with Gasteiger partial charge in [-0.05, 0) is 13.0 Å². The zero-order valence-electron chi connectivity index (χ0n) is 9.64. The number of nitrogens with zero attached hydrogens (tertiary/aromatic N) is 3. The topological polar surface area (TPSA) is 65.8 Å². The summed E-state index contributed by atoms with van der Waals surface area (Å²) in [6.45, 7) is 2.19. The number of nitrogen functional groups attached to an aromatic ring is 1. The Kier molecular flexibility index (Phi) is 2.93. The van der Waals surface area contributed by atoms with Crippen LogP contribution in [0.1, 0.15) is 11.4 Å². The normalized spacial score (nSPS) is 10.8. The number of hydrogen-bond acceptors (Lipinski definition) is 3. The van der Waals surface area contributed by atoms with Crippen molar-refractivity contribution < 1.29 is 0 Å². The molecule has 5 nitrogen and oxygen atoms in total. The first-order valence-electron chi connectivity index (χ1n) is 5.13. The summed E-state index contributed by atoms with van der Waals surface area (Å²) in [6, 6.07) is 3.02. The van der Waals surface area contributed by atoms with Gasteiger partial charge < -0.3 is 10.3 Å². The molecule has 0 fully saturated rings. The lowest BCUT2D eigenvalue weighted by Crippen LogP contribution is -2.20. The van der Waals surface area contributed by atoms with E-state index < -0.39 is 0 Å². The first kappa shape index (κ1) is 11.7. The minimum absolute atomic E-state index is 0.117. The van der Waals surface area contributed by atoms with Crippen molar-refractivity contribution >= 4 is 17.3 Å². The first-order chi connectivity index (χ1) is 7.99. The van der Waals surface area contributed by atoms with E-state index >= 15 is 0 Å². The summed E-state index contributed by atoms with van der Waals surface area (Å²) in [7, 11) is 1.80. The molecule has 90 valence electrons. The quantitative estimate of drug-likeness (QED) is 0.873. The van der Waals surface area contributed by atoms with Gasteiger partial charge in [-0.2, -0.15) is 5.10 Å². The summed E-state index contributed by atoms with van der Waals surface area (Å²) in [5, 5.41) is 4.78. The van der Waals surface area contributed by atoms with Gasteiger partial charge in [0.15, 0.2) is 0 Å². The Bertz CT molecular complexity index is 614. The van der Waals surface area contributed by atoms with E-state index in [4.69, 9.17) is 17.3 Å². The minimum atomic E-state index is -0.117. The fraction of sp³-hybridized carbons (Fsp3) is 0.273. The Labute approximate surface area is 103 Å². The molecule has 2 N–H and O–H groups in total. The Morgan fingerprint density at radius 3 is 2.76 bits per heavy atom. The molecule has 0 saturated heterocycles. The van der Waals surface area contributed by atoms with Crippen LogP contribution in [-0.2, 0) is 13.6 Å². The van der Waals surface area contributed by atoms with E-state index in [0.29, 0.717) is 17.3 Å². The molecular weight excluding hydrogens is 240 g/mol. The highest BCUT2D eigenvalue weighted by Crippen LogP contribution is 2.19. The number of aromatic nitrogens is 3. The smallest absolute Gasteiger partial charge is 0.251 e. The average Bonchev–Trinajstić information content (AvgIpc) is 2.50. The van der Waals surface area contributed by atoms with Crippen LogP contribution in [0.2, 0.25) is 5.02 Å². The number of halogens is 1. The van der Waals surface area contributed by atoms with Crippen LogP contribution in [0.5, 0.6) is 0 Å². The van der Waals surface area contributed by atoms with E-state index in [1.54, 1.807) is 24.0 Å². The summed E-state index contributed by atoms with van der Waals surface area (Å²) < 4.78 is 3.19. The van der Waals surface area contributed by atoms with Crippen molar-refractivity contribution in [1.82, 2.24) is 14.3 Å². The van der Waals surface area contributed by atoms with Crippen LogP contribution in [0.4, 0.5) is 5.69 Å². The van der Waals surface area contributed by atoms with Crippen molar-refractivity contribution in [1.29, 1.82) is 0 Å². The Morgan fingerprint density at radius 2 is 2.18 bits per heavy atom. The van der Waals surface area contributed by atoms with Crippen LogP contribution < -0.4 is 11.3 Å². The molecule has 17 heavy (non-hydrogen) atoms. The predicted molar refractivity (Wildman–Crippen MR) is 67.2 cm³/mol. The van der Waals surface area contributed by atoms with Gasteiger partial charge in [-0.1, -0.05) is 11.6 Å². The summed E-state index contributed by atoms with van der Waals surface area (Å²) in [6.07, 6.45) is 1.60. The Morgan fingerprint density at radius 1 is 1.47 bits per heavy atom. The van der Waals surface area contributed by atoms with Crippen molar-refractivity contribution in [3.8, 4) is 0 Å². The third-order valence-corrected chi connectivity index (χ3v) is 3.08. The molecule has 0 aliphatic rings. The Hall–Kier alpha value is -1.75. The number of aryl methyl sites for hydroxylation is 2. The molecule has 0 aliphatic carbocycles. The van der Waals surface area contributed by atoms with E-state index in [1.807, 2.05) is 6.92 Å². The third kappa shape index (κ3) is 2.19. The van der Waals surface area contributed by atoms with Crippen molar-refractivity contribution in [2.75, 3.05) is 5.73 Å². The van der Waals surface area contributed by atoms with Crippen molar-refractivity contribution in [3.63, 3.8) is 0 Å². The second kappa shape index (κ2) is 4.25. The molecule has 0 bridgehead atoms. The number of nitrogens with two attached hydrogens (primary N) is 1. The molecule has 2 rings (SSSR count). The fourth-order valence-electron chi connectivity index (χ4n) is 1.69. The lowest BCUT2D eigenvalue weighted by molar-refractivity contribution is 0.652. The van der Waals surface area contributed by atoms with Crippen molar-refractivity contribution in [2.45, 2.75) is 13.5 Å². The molecule has 0 amide bonds. The molecule has 2 aromatic heterocycles. The third-order valence-electron chi connectivity index (χ3n) is 2.59. The summed E-state index contributed by atoms with van der Waals surface area (Å²) in [4.78, 5) is 11.6. The van der Waals surface area contributed by atoms with Gasteiger partial charge in [-0.3, -0.25) is 9.48 Å². The van der Waals surface area contributed by atoms with Crippen LogP contribution >= 0.6 is 11.6 Å². The largest absolute Gasteiger partial charge is 0.398 e. The standard InChI is InChI=1S/C11H13ClN4O/c1-7-11(12)9(15(2)14-7)6-16-5-8(13)3-4-10(16)17/h3-5H,6,13H2,1-2H3. The van der Waals surface area contributed by atoms with Crippen molar-refractivity contribution in [3.05, 3.63) is 45.1 Å². The van der Waals surface area contributed by atoms with Gasteiger partial charge in [0.25, 0.3) is 5.56 Å². The van der Waals surface area contributed by atoms with Gasteiger partial charge in [0.1, 0.15) is 0 Å². The zero-order chi connectivity index (χ0) is 12.6. The van der Waals surface area contributed by atoms with Gasteiger partial charge >= 0.3 is 0 Å².